The first-order chi connectivity index (χ1) is 17.0. The third kappa shape index (κ3) is 5.34. The number of nitrogens with zero attached hydrogens (tertiary/aromatic N) is 2. The van der Waals surface area contributed by atoms with Crippen LogP contribution in [0.4, 0.5) is 5.13 Å². The molecule has 2 heterocycles. The number of aromatic nitrogens is 2. The number of para-hydroxylation sites is 1. The number of hydrogen-bond donors (Lipinski definition) is 1. The molecule has 0 unspecified atom stereocenters. The van der Waals surface area contributed by atoms with Gasteiger partial charge in [0.15, 0.2) is 5.13 Å². The number of thiazole rings is 1. The van der Waals surface area contributed by atoms with Gasteiger partial charge in [-0.2, -0.15) is 0 Å². The number of rotatable bonds is 6. The normalized spacial score (nSPS) is 11.2. The molecule has 0 fully saturated rings. The number of anilines is 1. The third-order valence-electron chi connectivity index (χ3n) is 5.72. The monoisotopic (exact) mass is 541 g/mol. The van der Waals surface area contributed by atoms with Crippen molar-refractivity contribution in [2.24, 2.45) is 5.92 Å². The van der Waals surface area contributed by atoms with Crippen molar-refractivity contribution in [3.8, 4) is 22.5 Å². The Hall–Kier alpha value is -3.35. The predicted molar refractivity (Wildman–Crippen MR) is 149 cm³/mol. The van der Waals surface area contributed by atoms with Crippen LogP contribution < -0.4 is 5.32 Å². The number of carbonyl (C=O) groups is 1. The molecular weight excluding hydrogens is 518 g/mol. The minimum absolute atomic E-state index is 0.199. The third-order valence-corrected chi connectivity index (χ3v) is 7.01. The number of hydrogen-bond acceptors (Lipinski definition) is 4. The Balaban J connectivity index is 1.42. The smallest absolute Gasteiger partial charge is 0.258 e. The maximum absolute atomic E-state index is 13.4. The standard InChI is InChI=1S/C29H24BrN3OS/c1-18(2)15-19-7-9-21(10-8-19)27-17-35-29(32-27)33-28(34)24-16-26(20-11-13-22(30)14-12-20)31-25-6-4-3-5-23(24)25/h3-14,16-18H,15H2,1-2H3,(H,32,33,34). The lowest BCUT2D eigenvalue weighted by atomic mass is 10.0. The maximum Gasteiger partial charge on any atom is 0.258 e. The van der Waals surface area contributed by atoms with Gasteiger partial charge in [-0.05, 0) is 42.2 Å². The van der Waals surface area contributed by atoms with Crippen LogP contribution in [0.1, 0.15) is 29.8 Å². The first-order valence-corrected chi connectivity index (χ1v) is 13.2. The summed E-state index contributed by atoms with van der Waals surface area (Å²) in [5.74, 6) is 0.422. The summed E-state index contributed by atoms with van der Waals surface area (Å²) in [5, 5.41) is 6.36. The molecule has 1 N–H and O–H groups in total. The van der Waals surface area contributed by atoms with Gasteiger partial charge < -0.3 is 0 Å². The van der Waals surface area contributed by atoms with Crippen molar-refractivity contribution in [2.75, 3.05) is 5.32 Å². The van der Waals surface area contributed by atoms with E-state index in [1.807, 2.05) is 60.0 Å². The molecule has 3 aromatic carbocycles. The van der Waals surface area contributed by atoms with E-state index in [2.05, 4.69) is 64.3 Å². The summed E-state index contributed by atoms with van der Waals surface area (Å²) in [4.78, 5) is 22.8. The SMILES string of the molecule is CC(C)Cc1ccc(-c2csc(NC(=O)c3cc(-c4ccc(Br)cc4)nc4ccccc34)n2)cc1. The molecule has 0 radical (unpaired) electrons. The van der Waals surface area contributed by atoms with Crippen molar-refractivity contribution < 1.29 is 4.79 Å². The van der Waals surface area contributed by atoms with E-state index in [1.54, 1.807) is 0 Å². The average molecular weight is 543 g/mol. The average Bonchev–Trinajstić information content (AvgIpc) is 3.32. The zero-order valence-electron chi connectivity index (χ0n) is 19.5. The van der Waals surface area contributed by atoms with Gasteiger partial charge in [-0.25, -0.2) is 9.97 Å². The van der Waals surface area contributed by atoms with Crippen molar-refractivity contribution in [3.63, 3.8) is 0 Å². The number of fused-ring (bicyclic) bond motifs is 1. The van der Waals surface area contributed by atoms with Crippen LogP contribution in [0.5, 0.6) is 0 Å². The van der Waals surface area contributed by atoms with Crippen LogP contribution in [-0.2, 0) is 6.42 Å². The molecule has 0 aliphatic carbocycles. The highest BCUT2D eigenvalue weighted by Crippen LogP contribution is 2.29. The van der Waals surface area contributed by atoms with E-state index in [9.17, 15) is 4.79 Å². The van der Waals surface area contributed by atoms with Gasteiger partial charge in [0.25, 0.3) is 5.91 Å². The Morgan fingerprint density at radius 1 is 0.914 bits per heavy atom. The second kappa shape index (κ2) is 10.1. The number of amides is 1. The number of halogens is 1. The minimum atomic E-state index is -0.199. The van der Waals surface area contributed by atoms with Crippen LogP contribution in [0.3, 0.4) is 0 Å². The summed E-state index contributed by atoms with van der Waals surface area (Å²) in [7, 11) is 0. The van der Waals surface area contributed by atoms with Crippen LogP contribution in [0.25, 0.3) is 33.4 Å². The van der Waals surface area contributed by atoms with Crippen molar-refractivity contribution >= 4 is 49.2 Å². The highest BCUT2D eigenvalue weighted by atomic mass is 79.9. The summed E-state index contributed by atoms with van der Waals surface area (Å²) < 4.78 is 0.995. The first kappa shape index (κ1) is 23.4. The fourth-order valence-corrected chi connectivity index (χ4v) is 5.02. The Labute approximate surface area is 217 Å². The van der Waals surface area contributed by atoms with E-state index >= 15 is 0 Å². The Bertz CT molecular complexity index is 1490. The molecule has 174 valence electrons. The summed E-state index contributed by atoms with van der Waals surface area (Å²) in [5.41, 5.74) is 6.27. The van der Waals surface area contributed by atoms with E-state index in [0.717, 1.165) is 44.3 Å². The van der Waals surface area contributed by atoms with E-state index in [1.165, 1.54) is 16.9 Å². The zero-order chi connectivity index (χ0) is 24.4. The molecular formula is C29H24BrN3OS. The van der Waals surface area contributed by atoms with Crippen molar-refractivity contribution in [3.05, 3.63) is 99.8 Å². The van der Waals surface area contributed by atoms with Crippen molar-refractivity contribution in [1.82, 2.24) is 9.97 Å². The molecule has 0 aliphatic rings. The summed E-state index contributed by atoms with van der Waals surface area (Å²) in [6, 6.07) is 26.0. The second-order valence-corrected chi connectivity index (χ2v) is 10.6. The molecule has 0 bridgehead atoms. The van der Waals surface area contributed by atoms with Crippen LogP contribution in [0, 0.1) is 5.92 Å². The fourth-order valence-electron chi connectivity index (χ4n) is 4.04. The Morgan fingerprint density at radius 3 is 2.34 bits per heavy atom. The van der Waals surface area contributed by atoms with Gasteiger partial charge >= 0.3 is 0 Å². The lowest BCUT2D eigenvalue weighted by Crippen LogP contribution is -2.13. The molecule has 0 saturated carbocycles. The van der Waals surface area contributed by atoms with Gasteiger partial charge in [-0.15, -0.1) is 11.3 Å². The quantitative estimate of drug-likeness (QED) is 0.235. The number of nitrogens with one attached hydrogen (secondary N) is 1. The Kier molecular flexibility index (Phi) is 6.75. The van der Waals surface area contributed by atoms with Gasteiger partial charge in [0.1, 0.15) is 0 Å². The van der Waals surface area contributed by atoms with Crippen LogP contribution in [0.2, 0.25) is 0 Å². The summed E-state index contributed by atoms with van der Waals surface area (Å²) in [6.07, 6.45) is 1.06. The maximum atomic E-state index is 13.4. The molecule has 0 saturated heterocycles. The van der Waals surface area contributed by atoms with Gasteiger partial charge in [0.05, 0.1) is 22.5 Å². The highest BCUT2D eigenvalue weighted by Gasteiger charge is 2.16. The van der Waals surface area contributed by atoms with Crippen LogP contribution >= 0.6 is 27.3 Å². The minimum Gasteiger partial charge on any atom is -0.298 e. The number of carbonyl (C=O) groups excluding carboxylic acids is 1. The molecule has 6 heteroatoms. The predicted octanol–water partition coefficient (Wildman–Crippen LogP) is 8.24. The van der Waals surface area contributed by atoms with Crippen molar-refractivity contribution in [1.29, 1.82) is 0 Å². The van der Waals surface area contributed by atoms with Crippen molar-refractivity contribution in [2.45, 2.75) is 20.3 Å². The van der Waals surface area contributed by atoms with E-state index in [-0.39, 0.29) is 5.91 Å². The van der Waals surface area contributed by atoms with Gasteiger partial charge in [-0.1, -0.05) is 84.4 Å². The molecule has 5 aromatic rings. The first-order valence-electron chi connectivity index (χ1n) is 11.5. The van der Waals surface area contributed by atoms with Gasteiger partial charge in [-0.3, -0.25) is 10.1 Å². The lowest BCUT2D eigenvalue weighted by molar-refractivity contribution is 0.102. The molecule has 35 heavy (non-hydrogen) atoms. The molecule has 0 atom stereocenters. The van der Waals surface area contributed by atoms with E-state index in [0.29, 0.717) is 16.6 Å². The fraction of sp³-hybridized carbons (Fsp3) is 0.138. The molecule has 4 nitrogen and oxygen atoms in total. The van der Waals surface area contributed by atoms with Gasteiger partial charge in [0, 0.05) is 26.4 Å². The Morgan fingerprint density at radius 2 is 1.60 bits per heavy atom. The largest absolute Gasteiger partial charge is 0.298 e. The van der Waals surface area contributed by atoms with E-state index < -0.39 is 0 Å². The molecule has 5 rings (SSSR count). The molecule has 2 aromatic heterocycles. The molecule has 0 spiro atoms. The van der Waals surface area contributed by atoms with E-state index in [4.69, 9.17) is 4.98 Å². The highest BCUT2D eigenvalue weighted by molar-refractivity contribution is 9.10. The van der Waals surface area contributed by atoms with Crippen LogP contribution in [-0.4, -0.2) is 15.9 Å². The number of benzene rings is 3. The van der Waals surface area contributed by atoms with Gasteiger partial charge in [0.2, 0.25) is 0 Å². The van der Waals surface area contributed by atoms with Crippen LogP contribution in [0.15, 0.2) is 88.7 Å². The zero-order valence-corrected chi connectivity index (χ0v) is 21.9. The second-order valence-electron chi connectivity index (χ2n) is 8.87. The summed E-state index contributed by atoms with van der Waals surface area (Å²) >= 11 is 4.90. The molecule has 0 aliphatic heterocycles. The molecule has 1 amide bonds. The lowest BCUT2D eigenvalue weighted by Gasteiger charge is -2.10. The summed E-state index contributed by atoms with van der Waals surface area (Å²) in [6.45, 7) is 4.44. The number of pyridine rings is 1. The topological polar surface area (TPSA) is 54.9 Å².